The molecule has 1 saturated heterocycles. The van der Waals surface area contributed by atoms with Crippen molar-refractivity contribution in [2.24, 2.45) is 5.10 Å². The lowest BCUT2D eigenvalue weighted by molar-refractivity contribution is 0.0664. The monoisotopic (exact) mass is 454 g/mol. The smallest absolute Gasteiger partial charge is 0.253 e. The summed E-state index contributed by atoms with van der Waals surface area (Å²) in [5.74, 6) is 0.936. The molecule has 0 bridgehead atoms. The highest BCUT2D eigenvalue weighted by atomic mass is 16.5. The predicted molar refractivity (Wildman–Crippen MR) is 136 cm³/mol. The van der Waals surface area contributed by atoms with Gasteiger partial charge in [0.2, 0.25) is 0 Å². The van der Waals surface area contributed by atoms with Crippen LogP contribution < -0.4 is 9.75 Å². The molecule has 0 N–H and O–H groups in total. The van der Waals surface area contributed by atoms with E-state index in [9.17, 15) is 4.79 Å². The number of hydrazone groups is 1. The lowest BCUT2D eigenvalue weighted by Crippen LogP contribution is -2.47. The molecule has 174 valence electrons. The van der Waals surface area contributed by atoms with E-state index in [4.69, 9.17) is 9.84 Å². The molecule has 2 aliphatic heterocycles. The van der Waals surface area contributed by atoms with Gasteiger partial charge in [-0.2, -0.15) is 5.10 Å². The molecule has 0 aliphatic carbocycles. The topological polar surface area (TPSA) is 48.4 Å². The highest BCUT2D eigenvalue weighted by Crippen LogP contribution is 2.37. The lowest BCUT2D eigenvalue weighted by atomic mass is 9.98. The maximum absolute atomic E-state index is 13.0. The molecule has 1 unspecified atom stereocenters. The lowest BCUT2D eigenvalue weighted by Gasteiger charge is -2.32. The number of methoxy groups -OCH3 is 1. The second-order valence-corrected chi connectivity index (χ2v) is 8.89. The second kappa shape index (κ2) is 9.69. The van der Waals surface area contributed by atoms with Gasteiger partial charge < -0.3 is 14.5 Å². The molecule has 1 fully saturated rings. The fraction of sp³-hybridized carbons (Fsp3) is 0.286. The Morgan fingerprint density at radius 1 is 0.882 bits per heavy atom. The van der Waals surface area contributed by atoms with Gasteiger partial charge in [-0.3, -0.25) is 9.80 Å². The molecular weight excluding hydrogens is 424 g/mol. The molecule has 6 nitrogen and oxygen atoms in total. The van der Waals surface area contributed by atoms with Crippen molar-refractivity contribution in [1.29, 1.82) is 0 Å². The van der Waals surface area contributed by atoms with Crippen molar-refractivity contribution < 1.29 is 9.53 Å². The number of hydrogen-bond donors (Lipinski definition) is 0. The molecule has 0 aromatic heterocycles. The van der Waals surface area contributed by atoms with Crippen LogP contribution in [0.1, 0.15) is 33.9 Å². The van der Waals surface area contributed by atoms with Crippen LogP contribution in [0.15, 0.2) is 84.0 Å². The Morgan fingerprint density at radius 2 is 1.56 bits per heavy atom. The maximum atomic E-state index is 13.0. The largest absolute Gasteiger partial charge is 0.497 e. The number of benzene rings is 3. The zero-order valence-corrected chi connectivity index (χ0v) is 19.7. The summed E-state index contributed by atoms with van der Waals surface area (Å²) < 4.78 is 5.34. The summed E-state index contributed by atoms with van der Waals surface area (Å²) in [6, 6.07) is 26.4. The van der Waals surface area contributed by atoms with Gasteiger partial charge >= 0.3 is 0 Å². The predicted octanol–water partition coefficient (Wildman–Crippen LogP) is 4.44. The van der Waals surface area contributed by atoms with Gasteiger partial charge in [0.05, 0.1) is 24.6 Å². The molecule has 1 amide bonds. The van der Waals surface area contributed by atoms with E-state index >= 15 is 0 Å². The summed E-state index contributed by atoms with van der Waals surface area (Å²) in [4.78, 5) is 17.2. The molecule has 2 aliphatic rings. The summed E-state index contributed by atoms with van der Waals surface area (Å²) >= 11 is 0. The van der Waals surface area contributed by atoms with E-state index in [0.717, 1.165) is 60.9 Å². The fourth-order valence-corrected chi connectivity index (χ4v) is 4.59. The van der Waals surface area contributed by atoms with Crippen molar-refractivity contribution >= 4 is 17.3 Å². The first kappa shape index (κ1) is 22.2. The number of nitrogens with zero attached hydrogens (tertiary/aromatic N) is 4. The molecule has 0 radical (unpaired) electrons. The van der Waals surface area contributed by atoms with Crippen molar-refractivity contribution in [3.05, 3.63) is 95.6 Å². The first-order chi connectivity index (χ1) is 16.6. The summed E-state index contributed by atoms with van der Waals surface area (Å²) in [6.07, 6.45) is 0.804. The standard InChI is InChI=1S/C28H30N4O2/c1-30-16-18-31(19-17-30)28(33)23-8-12-24(13-9-23)32-27(22-10-14-25(34-2)15-11-22)20-26(29-32)21-6-4-3-5-7-21/h3-15,27H,16-20H2,1-2H3. The number of rotatable bonds is 5. The first-order valence-electron chi connectivity index (χ1n) is 11.8. The molecule has 3 aromatic rings. The summed E-state index contributed by atoms with van der Waals surface area (Å²) in [5, 5.41) is 7.10. The molecule has 0 saturated carbocycles. The summed E-state index contributed by atoms with van der Waals surface area (Å²) in [6.45, 7) is 3.37. The Bertz CT molecular complexity index is 1150. The number of amides is 1. The Kier molecular flexibility index (Phi) is 6.32. The third kappa shape index (κ3) is 4.54. The zero-order valence-electron chi connectivity index (χ0n) is 19.7. The Balaban J connectivity index is 1.42. The van der Waals surface area contributed by atoms with E-state index in [-0.39, 0.29) is 11.9 Å². The summed E-state index contributed by atoms with van der Waals surface area (Å²) in [7, 11) is 3.77. The van der Waals surface area contributed by atoms with Gasteiger partial charge in [0.15, 0.2) is 0 Å². The fourth-order valence-electron chi connectivity index (χ4n) is 4.59. The van der Waals surface area contributed by atoms with Gasteiger partial charge in [0.25, 0.3) is 5.91 Å². The number of ether oxygens (including phenoxy) is 1. The Hall–Kier alpha value is -3.64. The number of likely N-dealkylation sites (N-methyl/N-ethyl adjacent to an activating group) is 1. The average molecular weight is 455 g/mol. The van der Waals surface area contributed by atoms with Crippen LogP contribution in [0.2, 0.25) is 0 Å². The quantitative estimate of drug-likeness (QED) is 0.572. The Morgan fingerprint density at radius 3 is 2.21 bits per heavy atom. The SMILES string of the molecule is COc1ccc(C2CC(c3ccccc3)=NN2c2ccc(C(=O)N3CCN(C)CC3)cc2)cc1. The number of piperazine rings is 1. The van der Waals surface area contributed by atoms with Crippen molar-refractivity contribution in [3.63, 3.8) is 0 Å². The van der Waals surface area contributed by atoms with Crippen LogP contribution in [-0.4, -0.2) is 61.8 Å². The van der Waals surface area contributed by atoms with Crippen LogP contribution in [0.3, 0.4) is 0 Å². The van der Waals surface area contributed by atoms with Crippen molar-refractivity contribution in [1.82, 2.24) is 9.80 Å². The molecule has 6 heteroatoms. The number of hydrogen-bond acceptors (Lipinski definition) is 5. The normalized spacial score (nSPS) is 18.6. The Labute approximate surface area is 201 Å². The molecule has 3 aromatic carbocycles. The molecular formula is C28H30N4O2. The number of anilines is 1. The zero-order chi connectivity index (χ0) is 23.5. The van der Waals surface area contributed by atoms with Gasteiger partial charge in [0, 0.05) is 38.2 Å². The van der Waals surface area contributed by atoms with Crippen LogP contribution in [0.5, 0.6) is 5.75 Å². The minimum atomic E-state index is 0.0697. The van der Waals surface area contributed by atoms with Gasteiger partial charge in [-0.1, -0.05) is 42.5 Å². The van der Waals surface area contributed by atoms with Gasteiger partial charge in [-0.15, -0.1) is 0 Å². The van der Waals surface area contributed by atoms with E-state index < -0.39 is 0 Å². The van der Waals surface area contributed by atoms with Crippen LogP contribution in [-0.2, 0) is 0 Å². The van der Waals surface area contributed by atoms with E-state index in [1.54, 1.807) is 7.11 Å². The van der Waals surface area contributed by atoms with Gasteiger partial charge in [0.1, 0.15) is 5.75 Å². The van der Waals surface area contributed by atoms with Crippen molar-refractivity contribution in [2.45, 2.75) is 12.5 Å². The third-order valence-electron chi connectivity index (χ3n) is 6.69. The van der Waals surface area contributed by atoms with Crippen LogP contribution in [0.25, 0.3) is 0 Å². The van der Waals surface area contributed by atoms with Crippen molar-refractivity contribution in [2.75, 3.05) is 45.3 Å². The van der Waals surface area contributed by atoms with Crippen molar-refractivity contribution in [3.8, 4) is 5.75 Å². The summed E-state index contributed by atoms with van der Waals surface area (Å²) in [5.41, 5.74) is 5.06. The van der Waals surface area contributed by atoms with Crippen LogP contribution in [0.4, 0.5) is 5.69 Å². The van der Waals surface area contributed by atoms with Gasteiger partial charge in [-0.25, -0.2) is 0 Å². The minimum absolute atomic E-state index is 0.0697. The van der Waals surface area contributed by atoms with E-state index in [0.29, 0.717) is 0 Å². The van der Waals surface area contributed by atoms with E-state index in [2.05, 4.69) is 41.2 Å². The van der Waals surface area contributed by atoms with Crippen LogP contribution in [0, 0.1) is 0 Å². The number of carbonyl (C=O) groups excluding carboxylic acids is 1. The van der Waals surface area contributed by atoms with E-state index in [1.165, 1.54) is 5.56 Å². The van der Waals surface area contributed by atoms with Crippen LogP contribution >= 0.6 is 0 Å². The third-order valence-corrected chi connectivity index (χ3v) is 6.69. The highest BCUT2D eigenvalue weighted by molar-refractivity contribution is 6.03. The minimum Gasteiger partial charge on any atom is -0.497 e. The first-order valence-corrected chi connectivity index (χ1v) is 11.8. The molecule has 2 heterocycles. The van der Waals surface area contributed by atoms with Gasteiger partial charge in [-0.05, 0) is 54.6 Å². The molecule has 5 rings (SSSR count). The average Bonchev–Trinajstić information content (AvgIpc) is 3.35. The molecule has 34 heavy (non-hydrogen) atoms. The number of carbonyl (C=O) groups is 1. The maximum Gasteiger partial charge on any atom is 0.253 e. The molecule has 1 atom stereocenters. The second-order valence-electron chi connectivity index (χ2n) is 8.89. The van der Waals surface area contributed by atoms with E-state index in [1.807, 2.05) is 59.5 Å². The molecule has 0 spiro atoms. The highest BCUT2D eigenvalue weighted by Gasteiger charge is 2.30.